The fourth-order valence-corrected chi connectivity index (χ4v) is 4.12. The number of nitriles is 2. The van der Waals surface area contributed by atoms with E-state index in [0.29, 0.717) is 12.4 Å². The third kappa shape index (κ3) is 4.95. The lowest BCUT2D eigenvalue weighted by Gasteiger charge is -2.24. The van der Waals surface area contributed by atoms with Gasteiger partial charge in [-0.1, -0.05) is 0 Å². The van der Waals surface area contributed by atoms with E-state index >= 15 is 0 Å². The minimum Gasteiger partial charge on any atom is -0.463 e. The maximum absolute atomic E-state index is 9.01. The van der Waals surface area contributed by atoms with Crippen LogP contribution < -0.4 is 10.6 Å². The van der Waals surface area contributed by atoms with E-state index in [0.717, 1.165) is 57.3 Å². The molecule has 0 bridgehead atoms. The Morgan fingerprint density at radius 2 is 1.96 bits per heavy atom. The van der Waals surface area contributed by atoms with Gasteiger partial charge in [0.1, 0.15) is 29.5 Å². The Kier molecular flexibility index (Phi) is 6.84. The molecule has 7 nitrogen and oxygen atoms in total. The second-order valence-electron chi connectivity index (χ2n) is 6.29. The van der Waals surface area contributed by atoms with Gasteiger partial charge >= 0.3 is 0 Å². The van der Waals surface area contributed by atoms with Crippen LogP contribution in [0.1, 0.15) is 11.5 Å². The molecule has 26 heavy (non-hydrogen) atoms. The number of rotatable bonds is 7. The highest BCUT2D eigenvalue weighted by Crippen LogP contribution is 2.15. The van der Waals surface area contributed by atoms with Crippen molar-refractivity contribution < 1.29 is 4.42 Å². The quantitative estimate of drug-likeness (QED) is 0.543. The van der Waals surface area contributed by atoms with E-state index in [1.54, 1.807) is 0 Å². The summed E-state index contributed by atoms with van der Waals surface area (Å²) in [6.45, 7) is 6.90. The summed E-state index contributed by atoms with van der Waals surface area (Å²) in [7, 11) is 0. The molecule has 0 atom stereocenters. The Labute approximate surface area is 158 Å². The van der Waals surface area contributed by atoms with Crippen LogP contribution in [0.25, 0.3) is 0 Å². The Morgan fingerprint density at radius 3 is 2.73 bits per heavy atom. The molecule has 0 unspecified atom stereocenters. The first-order valence-corrected chi connectivity index (χ1v) is 10.1. The SMILES string of the molecule is N#CC(C#N)=C1NCCN1CCNCc1ccc(CN2CCSCC2)o1. The molecule has 3 heterocycles. The molecule has 2 N–H and O–H groups in total. The summed E-state index contributed by atoms with van der Waals surface area (Å²) in [5.41, 5.74) is 0.147. The first-order chi connectivity index (χ1) is 12.8. The molecule has 0 spiro atoms. The molecule has 0 saturated carbocycles. The number of hydrogen-bond donors (Lipinski definition) is 2. The molecule has 0 aliphatic carbocycles. The molecule has 2 fully saturated rings. The molecule has 0 aromatic carbocycles. The van der Waals surface area contributed by atoms with E-state index in [1.165, 1.54) is 11.5 Å². The van der Waals surface area contributed by atoms with Crippen molar-refractivity contribution in [2.24, 2.45) is 0 Å². The van der Waals surface area contributed by atoms with Gasteiger partial charge in [-0.05, 0) is 12.1 Å². The van der Waals surface area contributed by atoms with Gasteiger partial charge in [-0.25, -0.2) is 0 Å². The fourth-order valence-electron chi connectivity index (χ4n) is 3.14. The van der Waals surface area contributed by atoms with Crippen LogP contribution >= 0.6 is 11.8 Å². The van der Waals surface area contributed by atoms with Crippen molar-refractivity contribution in [3.05, 3.63) is 35.0 Å². The van der Waals surface area contributed by atoms with E-state index in [1.807, 2.05) is 34.9 Å². The normalized spacial score (nSPS) is 17.6. The van der Waals surface area contributed by atoms with E-state index in [4.69, 9.17) is 14.9 Å². The predicted molar refractivity (Wildman–Crippen MR) is 101 cm³/mol. The predicted octanol–water partition coefficient (Wildman–Crippen LogP) is 1.08. The molecule has 8 heteroatoms. The zero-order valence-electron chi connectivity index (χ0n) is 14.8. The minimum atomic E-state index is 0.147. The molecule has 1 aromatic heterocycles. The smallest absolute Gasteiger partial charge is 0.169 e. The summed E-state index contributed by atoms with van der Waals surface area (Å²) < 4.78 is 5.92. The maximum Gasteiger partial charge on any atom is 0.169 e. The first kappa shape index (κ1) is 18.7. The molecule has 0 radical (unpaired) electrons. The van der Waals surface area contributed by atoms with Crippen molar-refractivity contribution >= 4 is 11.8 Å². The Hall–Kier alpha value is -2.13. The van der Waals surface area contributed by atoms with Crippen molar-refractivity contribution in [2.45, 2.75) is 13.1 Å². The zero-order valence-corrected chi connectivity index (χ0v) is 15.6. The van der Waals surface area contributed by atoms with Gasteiger partial charge in [0.05, 0.1) is 13.1 Å². The van der Waals surface area contributed by atoms with Gasteiger partial charge in [0.25, 0.3) is 0 Å². The second-order valence-corrected chi connectivity index (χ2v) is 7.52. The summed E-state index contributed by atoms with van der Waals surface area (Å²) >= 11 is 2.01. The molecule has 2 saturated heterocycles. The number of allylic oxidation sites excluding steroid dienone is 1. The number of thioether (sulfide) groups is 1. The highest BCUT2D eigenvalue weighted by molar-refractivity contribution is 7.99. The Balaban J connectivity index is 1.41. The lowest BCUT2D eigenvalue weighted by atomic mass is 10.3. The van der Waals surface area contributed by atoms with E-state index in [-0.39, 0.29) is 5.57 Å². The van der Waals surface area contributed by atoms with Crippen LogP contribution in [-0.2, 0) is 13.1 Å². The van der Waals surface area contributed by atoms with E-state index < -0.39 is 0 Å². The van der Waals surface area contributed by atoms with Crippen LogP contribution in [0.15, 0.2) is 27.9 Å². The highest BCUT2D eigenvalue weighted by atomic mass is 32.2. The average molecular weight is 372 g/mol. The molecular formula is C18H24N6OS. The molecule has 138 valence electrons. The van der Waals surface area contributed by atoms with Crippen LogP contribution in [0, 0.1) is 22.7 Å². The van der Waals surface area contributed by atoms with Crippen LogP contribution in [0.2, 0.25) is 0 Å². The fraction of sp³-hybridized carbons (Fsp3) is 0.556. The average Bonchev–Trinajstić information content (AvgIpc) is 3.31. The molecule has 1 aromatic rings. The third-order valence-corrected chi connectivity index (χ3v) is 5.45. The van der Waals surface area contributed by atoms with Crippen LogP contribution in [0.5, 0.6) is 0 Å². The standard InChI is InChI=1S/C18H24N6OS/c19-11-15(12-20)18-22-4-6-24(18)5-3-21-13-16-1-2-17(25-16)14-23-7-9-26-10-8-23/h1-2,21-22H,3-10,13-14H2. The van der Waals surface area contributed by atoms with Gasteiger partial charge in [0.15, 0.2) is 5.57 Å². The summed E-state index contributed by atoms with van der Waals surface area (Å²) in [6, 6.07) is 8.00. The van der Waals surface area contributed by atoms with E-state index in [2.05, 4.69) is 21.6 Å². The van der Waals surface area contributed by atoms with Crippen LogP contribution in [-0.4, -0.2) is 60.6 Å². The zero-order chi connectivity index (χ0) is 18.2. The second kappa shape index (κ2) is 9.54. The van der Waals surface area contributed by atoms with Crippen molar-refractivity contribution in [3.8, 4) is 12.1 Å². The summed E-state index contributed by atoms with van der Waals surface area (Å²) in [4.78, 5) is 4.47. The van der Waals surface area contributed by atoms with Crippen LogP contribution in [0.4, 0.5) is 0 Å². The Bertz CT molecular complexity index is 694. The lowest BCUT2D eigenvalue weighted by Crippen LogP contribution is -2.31. The molecular weight excluding hydrogens is 348 g/mol. The van der Waals surface area contributed by atoms with E-state index in [9.17, 15) is 0 Å². The van der Waals surface area contributed by atoms with Crippen molar-refractivity contribution in [1.29, 1.82) is 10.5 Å². The van der Waals surface area contributed by atoms with Gasteiger partial charge in [-0.3, -0.25) is 4.90 Å². The van der Waals surface area contributed by atoms with Crippen molar-refractivity contribution in [2.75, 3.05) is 50.8 Å². The Morgan fingerprint density at radius 1 is 1.19 bits per heavy atom. The third-order valence-electron chi connectivity index (χ3n) is 4.51. The largest absolute Gasteiger partial charge is 0.463 e. The summed E-state index contributed by atoms with van der Waals surface area (Å²) in [5.74, 6) is 5.02. The molecule has 0 amide bonds. The number of nitrogens with one attached hydrogen (secondary N) is 2. The maximum atomic E-state index is 9.01. The topological polar surface area (TPSA) is 91.3 Å². The van der Waals surface area contributed by atoms with Crippen molar-refractivity contribution in [1.82, 2.24) is 20.4 Å². The number of nitrogens with zero attached hydrogens (tertiary/aromatic N) is 4. The molecule has 3 rings (SSSR count). The summed E-state index contributed by atoms with van der Waals surface area (Å²) in [5, 5.41) is 24.5. The first-order valence-electron chi connectivity index (χ1n) is 8.92. The van der Waals surface area contributed by atoms with Gasteiger partial charge in [-0.2, -0.15) is 22.3 Å². The molecule has 2 aliphatic heterocycles. The van der Waals surface area contributed by atoms with Gasteiger partial charge in [-0.15, -0.1) is 0 Å². The molecule has 2 aliphatic rings. The van der Waals surface area contributed by atoms with Crippen LogP contribution in [0.3, 0.4) is 0 Å². The minimum absolute atomic E-state index is 0.147. The van der Waals surface area contributed by atoms with Gasteiger partial charge in [0, 0.05) is 50.8 Å². The summed E-state index contributed by atoms with van der Waals surface area (Å²) in [6.07, 6.45) is 0. The van der Waals surface area contributed by atoms with Crippen molar-refractivity contribution in [3.63, 3.8) is 0 Å². The monoisotopic (exact) mass is 372 g/mol. The number of hydrogen-bond acceptors (Lipinski definition) is 8. The van der Waals surface area contributed by atoms with Gasteiger partial charge < -0.3 is 20.0 Å². The lowest BCUT2D eigenvalue weighted by molar-refractivity contribution is 0.263. The number of furan rings is 1. The van der Waals surface area contributed by atoms with Gasteiger partial charge in [0.2, 0.25) is 0 Å². The highest BCUT2D eigenvalue weighted by Gasteiger charge is 2.20.